The lowest BCUT2D eigenvalue weighted by Crippen LogP contribution is -2.18. The summed E-state index contributed by atoms with van der Waals surface area (Å²) in [5.74, 6) is -1.36. The second kappa shape index (κ2) is 8.33. The number of rotatable bonds is 4. The van der Waals surface area contributed by atoms with E-state index >= 15 is 0 Å². The Hall–Kier alpha value is -2.71. The molecular formula is C17H8ClF6N3O3S2. The molecule has 0 saturated heterocycles. The lowest BCUT2D eigenvalue weighted by atomic mass is 10.1. The van der Waals surface area contributed by atoms with Gasteiger partial charge < -0.3 is 5.32 Å². The number of amides is 1. The Labute approximate surface area is 184 Å². The maximum Gasteiger partial charge on any atom is 0.416 e. The number of hydrogen-bond acceptors (Lipinski definition) is 6. The zero-order chi connectivity index (χ0) is 23.9. The fraction of sp³-hybridized carbons (Fsp3) is 0.118. The van der Waals surface area contributed by atoms with Gasteiger partial charge in [0.1, 0.15) is 0 Å². The van der Waals surface area contributed by atoms with E-state index < -0.39 is 54.8 Å². The van der Waals surface area contributed by atoms with Crippen LogP contribution in [0.2, 0.25) is 5.02 Å². The third-order valence-electron chi connectivity index (χ3n) is 3.89. The molecule has 0 aliphatic heterocycles. The number of carbonyl (C=O) groups is 1. The fourth-order valence-electron chi connectivity index (χ4n) is 2.43. The van der Waals surface area contributed by atoms with Crippen LogP contribution in [-0.2, 0) is 22.2 Å². The Morgan fingerprint density at radius 1 is 0.938 bits per heavy atom. The molecule has 0 atom stereocenters. The van der Waals surface area contributed by atoms with E-state index in [9.17, 15) is 39.6 Å². The summed E-state index contributed by atoms with van der Waals surface area (Å²) in [6, 6.07) is 5.26. The molecule has 3 aromatic rings. The third kappa shape index (κ3) is 5.02. The quantitative estimate of drug-likeness (QED) is 0.475. The van der Waals surface area contributed by atoms with E-state index in [1.807, 2.05) is 5.32 Å². The van der Waals surface area contributed by atoms with Gasteiger partial charge in [0.15, 0.2) is 9.90 Å². The van der Waals surface area contributed by atoms with E-state index in [2.05, 4.69) is 9.59 Å². The number of nitrogens with one attached hydrogen (secondary N) is 1. The zero-order valence-corrected chi connectivity index (χ0v) is 17.5. The van der Waals surface area contributed by atoms with Gasteiger partial charge in [-0.1, -0.05) is 16.1 Å². The first-order chi connectivity index (χ1) is 14.7. The Balaban J connectivity index is 2.00. The average Bonchev–Trinajstić information content (AvgIpc) is 3.17. The molecule has 6 nitrogen and oxygen atoms in total. The van der Waals surface area contributed by atoms with E-state index in [1.165, 1.54) is 12.1 Å². The molecule has 1 amide bonds. The molecule has 0 spiro atoms. The maximum atomic E-state index is 13.0. The number of sulfone groups is 1. The van der Waals surface area contributed by atoms with Crippen molar-refractivity contribution in [3.05, 3.63) is 64.3 Å². The Bertz CT molecular complexity index is 1240. The summed E-state index contributed by atoms with van der Waals surface area (Å²) >= 11 is 6.01. The summed E-state index contributed by atoms with van der Waals surface area (Å²) in [6.45, 7) is 0. The summed E-state index contributed by atoms with van der Waals surface area (Å²) < 4.78 is 106. The van der Waals surface area contributed by atoms with Crippen molar-refractivity contribution in [2.75, 3.05) is 5.32 Å². The predicted octanol–water partition coefficient (Wildman–Crippen LogP) is 5.31. The number of hydrogen-bond donors (Lipinski definition) is 1. The van der Waals surface area contributed by atoms with Crippen LogP contribution < -0.4 is 5.32 Å². The van der Waals surface area contributed by atoms with Crippen LogP contribution in [0.25, 0.3) is 0 Å². The van der Waals surface area contributed by atoms with Gasteiger partial charge in [0.05, 0.1) is 16.0 Å². The summed E-state index contributed by atoms with van der Waals surface area (Å²) in [5.41, 5.74) is -4.98. The fourth-order valence-corrected chi connectivity index (χ4v) is 4.86. The smallest absolute Gasteiger partial charge is 0.320 e. The van der Waals surface area contributed by atoms with Crippen molar-refractivity contribution in [2.24, 2.45) is 0 Å². The molecule has 0 aliphatic carbocycles. The number of alkyl halides is 6. The molecule has 3 rings (SSSR count). The van der Waals surface area contributed by atoms with E-state index in [0.717, 1.165) is 12.1 Å². The molecular weight excluding hydrogens is 508 g/mol. The van der Waals surface area contributed by atoms with E-state index in [0.29, 0.717) is 11.5 Å². The van der Waals surface area contributed by atoms with Gasteiger partial charge in [-0.05, 0) is 42.5 Å². The van der Waals surface area contributed by atoms with Gasteiger partial charge >= 0.3 is 12.4 Å². The van der Waals surface area contributed by atoms with Gasteiger partial charge in [0.2, 0.25) is 9.84 Å². The molecule has 170 valence electrons. The maximum absolute atomic E-state index is 13.0. The van der Waals surface area contributed by atoms with Gasteiger partial charge in [-0.3, -0.25) is 4.79 Å². The molecule has 0 unspecified atom stereocenters. The second-order valence-corrected chi connectivity index (χ2v) is 9.45. The van der Waals surface area contributed by atoms with Crippen LogP contribution in [0.1, 0.15) is 21.6 Å². The predicted molar refractivity (Wildman–Crippen MR) is 101 cm³/mol. The van der Waals surface area contributed by atoms with E-state index in [4.69, 9.17) is 11.6 Å². The van der Waals surface area contributed by atoms with Crippen molar-refractivity contribution in [2.45, 2.75) is 21.5 Å². The number of anilines is 1. The van der Waals surface area contributed by atoms with E-state index in [1.54, 1.807) is 0 Å². The number of aromatic nitrogens is 2. The average molecular weight is 516 g/mol. The SMILES string of the molecule is O=C(Nc1cc(C(F)(F)F)cc(C(F)(F)F)c1)c1nnsc1S(=O)(=O)c1ccc(Cl)cc1. The summed E-state index contributed by atoms with van der Waals surface area (Å²) in [6.07, 6.45) is -10.3. The summed E-state index contributed by atoms with van der Waals surface area (Å²) in [4.78, 5) is 12.2. The molecule has 0 aliphatic rings. The van der Waals surface area contributed by atoms with Crippen molar-refractivity contribution in [3.8, 4) is 0 Å². The molecule has 32 heavy (non-hydrogen) atoms. The lowest BCUT2D eigenvalue weighted by molar-refractivity contribution is -0.143. The molecule has 1 aromatic heterocycles. The zero-order valence-electron chi connectivity index (χ0n) is 15.1. The van der Waals surface area contributed by atoms with Crippen LogP contribution in [0, 0.1) is 0 Å². The Morgan fingerprint density at radius 2 is 1.47 bits per heavy atom. The van der Waals surface area contributed by atoms with Crippen molar-refractivity contribution in [1.82, 2.24) is 9.59 Å². The molecule has 0 bridgehead atoms. The van der Waals surface area contributed by atoms with Crippen LogP contribution in [-0.4, -0.2) is 23.9 Å². The van der Waals surface area contributed by atoms with Crippen LogP contribution in [0.4, 0.5) is 32.0 Å². The van der Waals surface area contributed by atoms with E-state index in [-0.39, 0.29) is 28.1 Å². The minimum Gasteiger partial charge on any atom is -0.320 e. The van der Waals surface area contributed by atoms with Gasteiger partial charge in [0.25, 0.3) is 5.91 Å². The molecule has 1 heterocycles. The van der Waals surface area contributed by atoms with Crippen LogP contribution in [0.3, 0.4) is 0 Å². The standard InChI is InChI=1S/C17H8ClF6N3O3S2/c18-10-1-3-12(4-2-10)32(29,30)15-13(26-27-31-15)14(28)25-11-6-8(16(19,20)21)5-9(7-11)17(22,23)24/h1-7H,(H,25,28). The molecule has 15 heteroatoms. The summed E-state index contributed by atoms with van der Waals surface area (Å²) in [5, 5.41) is 5.42. The highest BCUT2D eigenvalue weighted by atomic mass is 35.5. The normalized spacial score (nSPS) is 12.6. The van der Waals surface area contributed by atoms with Crippen LogP contribution >= 0.6 is 23.1 Å². The highest BCUT2D eigenvalue weighted by molar-refractivity contribution is 7.93. The number of carbonyl (C=O) groups excluding carboxylic acids is 1. The minimum atomic E-state index is -5.13. The highest BCUT2D eigenvalue weighted by Gasteiger charge is 2.37. The van der Waals surface area contributed by atoms with Gasteiger partial charge in [0, 0.05) is 22.2 Å². The first-order valence-electron chi connectivity index (χ1n) is 8.13. The first-order valence-corrected chi connectivity index (χ1v) is 10.8. The number of nitrogens with zero attached hydrogens (tertiary/aromatic N) is 2. The van der Waals surface area contributed by atoms with Crippen molar-refractivity contribution < 1.29 is 39.6 Å². The Kier molecular flexibility index (Phi) is 6.23. The van der Waals surface area contributed by atoms with Crippen molar-refractivity contribution in [1.29, 1.82) is 0 Å². The molecule has 0 fully saturated rings. The largest absolute Gasteiger partial charge is 0.416 e. The van der Waals surface area contributed by atoms with Gasteiger partial charge in [-0.2, -0.15) is 26.3 Å². The lowest BCUT2D eigenvalue weighted by Gasteiger charge is -2.14. The van der Waals surface area contributed by atoms with Gasteiger partial charge in [-0.25, -0.2) is 8.42 Å². The van der Waals surface area contributed by atoms with Crippen LogP contribution in [0.15, 0.2) is 51.6 Å². The molecule has 2 aromatic carbocycles. The second-order valence-electron chi connectivity index (χ2n) is 6.12. The monoisotopic (exact) mass is 515 g/mol. The molecule has 1 N–H and O–H groups in total. The third-order valence-corrected chi connectivity index (χ3v) is 7.12. The molecule has 0 saturated carbocycles. The first kappa shape index (κ1) is 23.9. The van der Waals surface area contributed by atoms with Crippen molar-refractivity contribution >= 4 is 44.6 Å². The topological polar surface area (TPSA) is 89.0 Å². The summed E-state index contributed by atoms with van der Waals surface area (Å²) in [7, 11) is -4.33. The van der Waals surface area contributed by atoms with Crippen LogP contribution in [0.5, 0.6) is 0 Å². The van der Waals surface area contributed by atoms with Gasteiger partial charge in [-0.15, -0.1) is 5.10 Å². The number of halogens is 7. The van der Waals surface area contributed by atoms with Crippen molar-refractivity contribution in [3.63, 3.8) is 0 Å². The Morgan fingerprint density at radius 3 is 1.97 bits per heavy atom. The highest BCUT2D eigenvalue weighted by Crippen LogP contribution is 2.38. The number of benzene rings is 2. The minimum absolute atomic E-state index is 0.115. The molecule has 0 radical (unpaired) electrons.